The minimum absolute atomic E-state index is 0.0294. The summed E-state index contributed by atoms with van der Waals surface area (Å²) in [5.74, 6) is -0.647. The molecule has 0 saturated heterocycles. The summed E-state index contributed by atoms with van der Waals surface area (Å²) >= 11 is 0. The van der Waals surface area contributed by atoms with Gasteiger partial charge in [-0.05, 0) is 46.0 Å². The van der Waals surface area contributed by atoms with E-state index in [0.29, 0.717) is 18.7 Å². The molecule has 144 valence electrons. The molecule has 3 aromatic rings. The number of pyridine rings is 1. The fourth-order valence-electron chi connectivity index (χ4n) is 3.38. The second-order valence-electron chi connectivity index (χ2n) is 6.83. The Labute approximate surface area is 168 Å². The summed E-state index contributed by atoms with van der Waals surface area (Å²) in [7, 11) is 0. The highest BCUT2D eigenvalue weighted by atomic mass is 16.5. The average molecular weight is 385 g/mol. The second-order valence-corrected chi connectivity index (χ2v) is 6.83. The van der Waals surface area contributed by atoms with Crippen LogP contribution in [0.5, 0.6) is 0 Å². The molecule has 0 radical (unpaired) electrons. The van der Waals surface area contributed by atoms with Crippen LogP contribution in [-0.2, 0) is 17.9 Å². The van der Waals surface area contributed by atoms with E-state index >= 15 is 0 Å². The van der Waals surface area contributed by atoms with E-state index in [9.17, 15) is 9.59 Å². The number of benzene rings is 2. The largest absolute Gasteiger partial charge is 0.330 e. The van der Waals surface area contributed by atoms with Crippen LogP contribution < -0.4 is 5.48 Å². The van der Waals surface area contributed by atoms with Gasteiger partial charge in [-0.2, -0.15) is 0 Å². The number of fused-ring (bicyclic) bond motifs is 1. The van der Waals surface area contributed by atoms with Crippen molar-refractivity contribution in [3.8, 4) is 11.1 Å². The van der Waals surface area contributed by atoms with E-state index in [2.05, 4.69) is 4.98 Å². The van der Waals surface area contributed by atoms with Crippen molar-refractivity contribution in [2.45, 2.75) is 13.1 Å². The molecule has 2 N–H and O–H groups in total. The van der Waals surface area contributed by atoms with Gasteiger partial charge in [-0.15, -0.1) is 0 Å². The van der Waals surface area contributed by atoms with Crippen molar-refractivity contribution in [2.24, 2.45) is 0 Å². The molecule has 0 unspecified atom stereocenters. The molecule has 0 fully saturated rings. The third-order valence-electron chi connectivity index (χ3n) is 4.87. The first-order valence-electron chi connectivity index (χ1n) is 9.18. The first-order valence-corrected chi connectivity index (χ1v) is 9.18. The summed E-state index contributed by atoms with van der Waals surface area (Å²) in [6.07, 6.45) is 6.34. The number of hydrogen-bond donors (Lipinski definition) is 2. The normalized spacial score (nSPS) is 13.0. The lowest BCUT2D eigenvalue weighted by Gasteiger charge is -2.16. The van der Waals surface area contributed by atoms with Crippen LogP contribution in [0.3, 0.4) is 0 Å². The highest BCUT2D eigenvalue weighted by Gasteiger charge is 2.27. The summed E-state index contributed by atoms with van der Waals surface area (Å²) in [6, 6.07) is 17.6. The third kappa shape index (κ3) is 4.07. The molecular weight excluding hydrogens is 366 g/mol. The van der Waals surface area contributed by atoms with Gasteiger partial charge in [0.05, 0.1) is 0 Å². The lowest BCUT2D eigenvalue weighted by molar-refractivity contribution is -0.124. The van der Waals surface area contributed by atoms with E-state index in [1.807, 2.05) is 54.7 Å². The van der Waals surface area contributed by atoms with Gasteiger partial charge >= 0.3 is 0 Å². The van der Waals surface area contributed by atoms with Crippen molar-refractivity contribution in [2.75, 3.05) is 0 Å². The molecule has 2 heterocycles. The summed E-state index contributed by atoms with van der Waals surface area (Å²) in [5.41, 5.74) is 7.07. The number of nitrogens with one attached hydrogen (secondary N) is 1. The topological polar surface area (TPSA) is 82.5 Å². The van der Waals surface area contributed by atoms with Crippen LogP contribution >= 0.6 is 0 Å². The summed E-state index contributed by atoms with van der Waals surface area (Å²) in [4.78, 5) is 29.9. The molecule has 0 saturated carbocycles. The molecule has 6 heteroatoms. The van der Waals surface area contributed by atoms with Gasteiger partial charge < -0.3 is 4.90 Å². The SMILES string of the molecule is O=C(/C=C/c1ccc2c(c1)C(=O)N(Cc1ccc(-c3cccnc3)cc1)C2)NO. The molecular formula is C23H19N3O3. The summed E-state index contributed by atoms with van der Waals surface area (Å²) in [5, 5.41) is 8.55. The predicted molar refractivity (Wildman–Crippen MR) is 109 cm³/mol. The Hall–Kier alpha value is -3.77. The fourth-order valence-corrected chi connectivity index (χ4v) is 3.38. The predicted octanol–water partition coefficient (Wildman–Crippen LogP) is 3.42. The van der Waals surface area contributed by atoms with Crippen molar-refractivity contribution < 1.29 is 14.8 Å². The molecule has 29 heavy (non-hydrogen) atoms. The maximum absolute atomic E-state index is 12.8. The quantitative estimate of drug-likeness (QED) is 0.401. The standard InChI is InChI=1S/C23H19N3O3/c27-22(25-29)10-6-16-3-9-20-15-26(23(28)21(20)12-16)14-17-4-7-18(8-5-17)19-2-1-11-24-13-19/h1-13,29H,14-15H2,(H,25,27)/b10-6+. The van der Waals surface area contributed by atoms with Crippen LogP contribution in [0.1, 0.15) is 27.0 Å². The van der Waals surface area contributed by atoms with Crippen molar-refractivity contribution >= 4 is 17.9 Å². The smallest absolute Gasteiger partial charge is 0.267 e. The van der Waals surface area contributed by atoms with Crippen LogP contribution in [0, 0.1) is 0 Å². The molecule has 1 aromatic heterocycles. The molecule has 0 atom stereocenters. The Morgan fingerprint density at radius 2 is 1.97 bits per heavy atom. The van der Waals surface area contributed by atoms with Gasteiger partial charge in [0.15, 0.2) is 0 Å². The first kappa shape index (κ1) is 18.6. The van der Waals surface area contributed by atoms with Gasteiger partial charge in [0.25, 0.3) is 11.8 Å². The zero-order valence-electron chi connectivity index (χ0n) is 15.6. The molecule has 4 rings (SSSR count). The van der Waals surface area contributed by atoms with E-state index in [1.165, 1.54) is 6.08 Å². The molecule has 2 aromatic carbocycles. The number of nitrogens with zero attached hydrogens (tertiary/aromatic N) is 2. The third-order valence-corrected chi connectivity index (χ3v) is 4.87. The monoisotopic (exact) mass is 385 g/mol. The van der Waals surface area contributed by atoms with Crippen LogP contribution in [0.25, 0.3) is 17.2 Å². The van der Waals surface area contributed by atoms with E-state index in [1.54, 1.807) is 28.7 Å². The molecule has 0 spiro atoms. The van der Waals surface area contributed by atoms with E-state index in [4.69, 9.17) is 5.21 Å². The molecule has 0 bridgehead atoms. The van der Waals surface area contributed by atoms with Gasteiger partial charge in [0, 0.05) is 37.1 Å². The van der Waals surface area contributed by atoms with Gasteiger partial charge in [0.1, 0.15) is 0 Å². The fraction of sp³-hybridized carbons (Fsp3) is 0.0870. The number of hydrogen-bond acceptors (Lipinski definition) is 4. The first-order chi connectivity index (χ1) is 14.1. The number of hydroxylamine groups is 1. The van der Waals surface area contributed by atoms with Crippen LogP contribution in [0.15, 0.2) is 73.1 Å². The maximum Gasteiger partial charge on any atom is 0.267 e. The number of carbonyl (C=O) groups is 2. The van der Waals surface area contributed by atoms with Gasteiger partial charge in [0.2, 0.25) is 0 Å². The Morgan fingerprint density at radius 1 is 1.14 bits per heavy atom. The Balaban J connectivity index is 1.47. The van der Waals surface area contributed by atoms with Gasteiger partial charge in [-0.25, -0.2) is 5.48 Å². The molecule has 0 aliphatic carbocycles. The molecule has 1 aliphatic heterocycles. The lowest BCUT2D eigenvalue weighted by Crippen LogP contribution is -2.23. The van der Waals surface area contributed by atoms with Crippen LogP contribution in [0.4, 0.5) is 0 Å². The van der Waals surface area contributed by atoms with Crippen LogP contribution in [0.2, 0.25) is 0 Å². The molecule has 2 amide bonds. The molecule has 1 aliphatic rings. The van der Waals surface area contributed by atoms with E-state index < -0.39 is 5.91 Å². The Bertz CT molecular complexity index is 1080. The summed E-state index contributed by atoms with van der Waals surface area (Å²) < 4.78 is 0. The lowest BCUT2D eigenvalue weighted by atomic mass is 10.1. The minimum atomic E-state index is -0.617. The highest BCUT2D eigenvalue weighted by Crippen LogP contribution is 2.26. The van der Waals surface area contributed by atoms with Gasteiger partial charge in [-0.1, -0.05) is 42.5 Å². The minimum Gasteiger partial charge on any atom is -0.330 e. The molecule has 6 nitrogen and oxygen atoms in total. The van der Waals surface area contributed by atoms with Crippen molar-refractivity contribution in [1.29, 1.82) is 0 Å². The van der Waals surface area contributed by atoms with Crippen molar-refractivity contribution in [3.05, 3.63) is 95.3 Å². The zero-order valence-corrected chi connectivity index (χ0v) is 15.6. The Kier molecular flexibility index (Phi) is 5.18. The van der Waals surface area contributed by atoms with Crippen molar-refractivity contribution in [1.82, 2.24) is 15.4 Å². The highest BCUT2D eigenvalue weighted by molar-refractivity contribution is 5.99. The van der Waals surface area contributed by atoms with E-state index in [0.717, 1.165) is 27.8 Å². The maximum atomic E-state index is 12.8. The van der Waals surface area contributed by atoms with Gasteiger partial charge in [-0.3, -0.25) is 19.8 Å². The van der Waals surface area contributed by atoms with Crippen LogP contribution in [-0.4, -0.2) is 26.9 Å². The second kappa shape index (κ2) is 8.08. The number of carbonyl (C=O) groups excluding carboxylic acids is 2. The number of rotatable bonds is 5. The summed E-state index contributed by atoms with van der Waals surface area (Å²) in [6.45, 7) is 1.08. The number of aromatic nitrogens is 1. The average Bonchev–Trinajstić information content (AvgIpc) is 3.08. The van der Waals surface area contributed by atoms with Crippen molar-refractivity contribution in [3.63, 3.8) is 0 Å². The number of amides is 2. The Morgan fingerprint density at radius 3 is 2.69 bits per heavy atom. The van der Waals surface area contributed by atoms with E-state index in [-0.39, 0.29) is 5.91 Å². The zero-order chi connectivity index (χ0) is 20.2.